The highest BCUT2D eigenvalue weighted by Crippen LogP contribution is 2.12. The van der Waals surface area contributed by atoms with Crippen molar-refractivity contribution in [2.24, 2.45) is 5.73 Å². The highest BCUT2D eigenvalue weighted by molar-refractivity contribution is 7.09. The predicted octanol–water partition coefficient (Wildman–Crippen LogP) is 3.83. The third-order valence-corrected chi connectivity index (χ3v) is 4.59. The molecule has 0 unspecified atom stereocenters. The van der Waals surface area contributed by atoms with Crippen LogP contribution in [0.15, 0.2) is 17.5 Å². The SMILES string of the molecule is CCCCCN(CCCCC)C(=O)[C@@H](N)Cc1cccs1. The van der Waals surface area contributed by atoms with Gasteiger partial charge in [-0.25, -0.2) is 0 Å². The number of hydrogen-bond donors (Lipinski definition) is 1. The lowest BCUT2D eigenvalue weighted by Crippen LogP contribution is -2.45. The van der Waals surface area contributed by atoms with Gasteiger partial charge in [0, 0.05) is 24.4 Å². The van der Waals surface area contributed by atoms with Crippen molar-refractivity contribution in [2.75, 3.05) is 13.1 Å². The fraction of sp³-hybridized carbons (Fsp3) is 0.706. The quantitative estimate of drug-likeness (QED) is 0.631. The number of rotatable bonds is 11. The molecule has 0 bridgehead atoms. The van der Waals surface area contributed by atoms with Gasteiger partial charge in [-0.1, -0.05) is 45.6 Å². The molecule has 1 aromatic heterocycles. The van der Waals surface area contributed by atoms with Crippen LogP contribution in [0.3, 0.4) is 0 Å². The number of carbonyl (C=O) groups excluding carboxylic acids is 1. The van der Waals surface area contributed by atoms with E-state index in [1.807, 2.05) is 16.3 Å². The smallest absolute Gasteiger partial charge is 0.239 e. The summed E-state index contributed by atoms with van der Waals surface area (Å²) in [5.41, 5.74) is 6.13. The lowest BCUT2D eigenvalue weighted by molar-refractivity contribution is -0.132. The second kappa shape index (κ2) is 10.8. The number of nitrogens with two attached hydrogens (primary N) is 1. The molecule has 1 heterocycles. The van der Waals surface area contributed by atoms with Crippen LogP contribution in [-0.2, 0) is 11.2 Å². The van der Waals surface area contributed by atoms with Crippen molar-refractivity contribution < 1.29 is 4.79 Å². The Labute approximate surface area is 133 Å². The molecule has 120 valence electrons. The van der Waals surface area contributed by atoms with Gasteiger partial charge in [-0.3, -0.25) is 4.79 Å². The van der Waals surface area contributed by atoms with E-state index in [0.717, 1.165) is 25.9 Å². The molecule has 0 radical (unpaired) electrons. The molecular weight excluding hydrogens is 280 g/mol. The Bertz CT molecular complexity index is 368. The highest BCUT2D eigenvalue weighted by Gasteiger charge is 2.20. The maximum Gasteiger partial charge on any atom is 0.239 e. The minimum Gasteiger partial charge on any atom is -0.341 e. The van der Waals surface area contributed by atoms with Crippen LogP contribution >= 0.6 is 11.3 Å². The van der Waals surface area contributed by atoms with Gasteiger partial charge in [0.25, 0.3) is 0 Å². The number of thiophene rings is 1. The van der Waals surface area contributed by atoms with Crippen molar-refractivity contribution in [3.63, 3.8) is 0 Å². The summed E-state index contributed by atoms with van der Waals surface area (Å²) < 4.78 is 0. The molecule has 0 fully saturated rings. The minimum absolute atomic E-state index is 0.121. The summed E-state index contributed by atoms with van der Waals surface area (Å²) in [5.74, 6) is 0.121. The zero-order valence-corrected chi connectivity index (χ0v) is 14.3. The van der Waals surface area contributed by atoms with Gasteiger partial charge in [-0.05, 0) is 24.3 Å². The summed E-state index contributed by atoms with van der Waals surface area (Å²) in [7, 11) is 0. The molecule has 0 spiro atoms. The summed E-state index contributed by atoms with van der Waals surface area (Å²) in [5, 5.41) is 2.03. The van der Waals surface area contributed by atoms with E-state index in [4.69, 9.17) is 5.73 Å². The normalized spacial score (nSPS) is 12.3. The van der Waals surface area contributed by atoms with Crippen LogP contribution in [0.25, 0.3) is 0 Å². The van der Waals surface area contributed by atoms with Crippen molar-refractivity contribution in [1.29, 1.82) is 0 Å². The number of carbonyl (C=O) groups is 1. The van der Waals surface area contributed by atoms with Gasteiger partial charge in [0.1, 0.15) is 0 Å². The van der Waals surface area contributed by atoms with Crippen LogP contribution in [0.4, 0.5) is 0 Å². The largest absolute Gasteiger partial charge is 0.341 e. The fourth-order valence-corrected chi connectivity index (χ4v) is 3.17. The Hall–Kier alpha value is -0.870. The van der Waals surface area contributed by atoms with Crippen LogP contribution in [0.5, 0.6) is 0 Å². The highest BCUT2D eigenvalue weighted by atomic mass is 32.1. The second-order valence-electron chi connectivity index (χ2n) is 5.63. The molecule has 0 aliphatic heterocycles. The molecule has 1 amide bonds. The zero-order valence-electron chi connectivity index (χ0n) is 13.5. The van der Waals surface area contributed by atoms with E-state index in [0.29, 0.717) is 6.42 Å². The molecule has 1 atom stereocenters. The van der Waals surface area contributed by atoms with Crippen LogP contribution in [0.1, 0.15) is 57.2 Å². The van der Waals surface area contributed by atoms with Crippen molar-refractivity contribution in [3.05, 3.63) is 22.4 Å². The first-order valence-electron chi connectivity index (χ1n) is 8.25. The summed E-state index contributed by atoms with van der Waals surface area (Å²) in [6.07, 6.45) is 7.54. The topological polar surface area (TPSA) is 46.3 Å². The van der Waals surface area contributed by atoms with Crippen LogP contribution in [-0.4, -0.2) is 29.9 Å². The molecule has 0 aromatic carbocycles. The van der Waals surface area contributed by atoms with Crippen molar-refractivity contribution in [3.8, 4) is 0 Å². The molecule has 0 aliphatic carbocycles. The Morgan fingerprint density at radius 3 is 2.29 bits per heavy atom. The third-order valence-electron chi connectivity index (χ3n) is 3.69. The Kier molecular flexibility index (Phi) is 9.35. The van der Waals surface area contributed by atoms with E-state index in [2.05, 4.69) is 19.9 Å². The number of amides is 1. The van der Waals surface area contributed by atoms with Crippen LogP contribution in [0, 0.1) is 0 Å². The molecule has 4 heteroatoms. The molecular formula is C17H30N2OS. The van der Waals surface area contributed by atoms with Crippen LogP contribution in [0.2, 0.25) is 0 Å². The Balaban J connectivity index is 2.50. The maximum absolute atomic E-state index is 12.6. The molecule has 0 saturated carbocycles. The first-order chi connectivity index (χ1) is 10.2. The summed E-state index contributed by atoms with van der Waals surface area (Å²) in [6, 6.07) is 3.67. The van der Waals surface area contributed by atoms with Crippen molar-refractivity contribution in [2.45, 2.75) is 64.8 Å². The Morgan fingerprint density at radius 1 is 1.19 bits per heavy atom. The van der Waals surface area contributed by atoms with Gasteiger partial charge in [0.05, 0.1) is 6.04 Å². The first-order valence-corrected chi connectivity index (χ1v) is 9.13. The Morgan fingerprint density at radius 2 is 1.81 bits per heavy atom. The lowest BCUT2D eigenvalue weighted by Gasteiger charge is -2.25. The lowest BCUT2D eigenvalue weighted by atomic mass is 10.1. The minimum atomic E-state index is -0.396. The molecule has 1 rings (SSSR count). The standard InChI is InChI=1S/C17H30N2OS/c1-3-5-7-11-19(12-8-6-4-2)17(20)16(18)14-15-10-9-13-21-15/h9-10,13,16H,3-8,11-12,14,18H2,1-2H3/t16-/m0/s1. The van der Waals surface area contributed by atoms with Crippen molar-refractivity contribution in [1.82, 2.24) is 4.90 Å². The fourth-order valence-electron chi connectivity index (χ4n) is 2.40. The van der Waals surface area contributed by atoms with Gasteiger partial charge in [0.2, 0.25) is 5.91 Å². The molecule has 3 nitrogen and oxygen atoms in total. The van der Waals surface area contributed by atoms with Gasteiger partial charge in [0.15, 0.2) is 0 Å². The van der Waals surface area contributed by atoms with Gasteiger partial charge >= 0.3 is 0 Å². The van der Waals surface area contributed by atoms with E-state index in [1.165, 1.54) is 30.6 Å². The average Bonchev–Trinajstić information content (AvgIpc) is 2.98. The number of hydrogen-bond acceptors (Lipinski definition) is 3. The maximum atomic E-state index is 12.6. The van der Waals surface area contributed by atoms with Gasteiger partial charge in [-0.15, -0.1) is 11.3 Å². The summed E-state index contributed by atoms with van der Waals surface area (Å²) in [4.78, 5) is 15.7. The summed E-state index contributed by atoms with van der Waals surface area (Å²) >= 11 is 1.67. The second-order valence-corrected chi connectivity index (χ2v) is 6.66. The summed E-state index contributed by atoms with van der Waals surface area (Å²) in [6.45, 7) is 6.08. The predicted molar refractivity (Wildman–Crippen MR) is 91.6 cm³/mol. The van der Waals surface area contributed by atoms with E-state index in [-0.39, 0.29) is 5.91 Å². The van der Waals surface area contributed by atoms with E-state index < -0.39 is 6.04 Å². The molecule has 0 saturated heterocycles. The average molecular weight is 311 g/mol. The van der Waals surface area contributed by atoms with E-state index in [1.54, 1.807) is 11.3 Å². The first kappa shape index (κ1) is 18.2. The van der Waals surface area contributed by atoms with Gasteiger partial charge in [-0.2, -0.15) is 0 Å². The molecule has 1 aromatic rings. The van der Waals surface area contributed by atoms with Crippen LogP contribution < -0.4 is 5.73 Å². The van der Waals surface area contributed by atoms with E-state index >= 15 is 0 Å². The molecule has 0 aliphatic rings. The van der Waals surface area contributed by atoms with Gasteiger partial charge < -0.3 is 10.6 Å². The number of unbranched alkanes of at least 4 members (excludes halogenated alkanes) is 4. The van der Waals surface area contributed by atoms with Crippen molar-refractivity contribution >= 4 is 17.2 Å². The van der Waals surface area contributed by atoms with E-state index in [9.17, 15) is 4.79 Å². The molecule has 2 N–H and O–H groups in total. The molecule has 21 heavy (non-hydrogen) atoms. The monoisotopic (exact) mass is 310 g/mol. The zero-order chi connectivity index (χ0) is 15.5. The number of nitrogens with zero attached hydrogens (tertiary/aromatic N) is 1. The third kappa shape index (κ3) is 7.09.